The van der Waals surface area contributed by atoms with Gasteiger partial charge < -0.3 is 0 Å². The summed E-state index contributed by atoms with van der Waals surface area (Å²) in [7, 11) is 0. The first-order valence-electron chi connectivity index (χ1n) is 16.2. The molecule has 0 heterocycles. The van der Waals surface area contributed by atoms with Gasteiger partial charge >= 0.3 is 95.6 Å². The molecule has 5 aromatic rings. The Morgan fingerprint density at radius 2 is 1.02 bits per heavy atom. The molecule has 45 heavy (non-hydrogen) atoms. The molecule has 0 saturated heterocycles. The Morgan fingerprint density at radius 1 is 0.600 bits per heavy atom. The molecular formula is C44H50Ti. The average Bonchev–Trinajstić information content (AvgIpc) is 3.60. The second-order valence-corrected chi connectivity index (χ2v) is 16.1. The monoisotopic (exact) mass is 626 g/mol. The van der Waals surface area contributed by atoms with Gasteiger partial charge in [0.15, 0.2) is 0 Å². The number of hydrogen-bond donors (Lipinski definition) is 0. The van der Waals surface area contributed by atoms with Gasteiger partial charge in [0.05, 0.1) is 0 Å². The molecule has 1 aliphatic rings. The van der Waals surface area contributed by atoms with Crippen LogP contribution in [0.3, 0.4) is 0 Å². The van der Waals surface area contributed by atoms with Gasteiger partial charge in [0.25, 0.3) is 0 Å². The van der Waals surface area contributed by atoms with Crippen LogP contribution in [-0.4, -0.2) is 3.81 Å². The maximum absolute atomic E-state index is 3.26. The third-order valence-electron chi connectivity index (χ3n) is 8.36. The van der Waals surface area contributed by atoms with Gasteiger partial charge in [-0.3, -0.25) is 6.08 Å². The van der Waals surface area contributed by atoms with Crippen LogP contribution in [0.2, 0.25) is 0 Å². The topological polar surface area (TPSA) is 0 Å². The van der Waals surface area contributed by atoms with Gasteiger partial charge in [0.1, 0.15) is 0 Å². The van der Waals surface area contributed by atoms with E-state index in [4.69, 9.17) is 0 Å². The first-order chi connectivity index (χ1) is 21.0. The Balaban J connectivity index is 0.000000166. The van der Waals surface area contributed by atoms with Gasteiger partial charge in [-0.2, -0.15) is 11.6 Å². The summed E-state index contributed by atoms with van der Waals surface area (Å²) in [5.41, 5.74) is 7.50. The van der Waals surface area contributed by atoms with Gasteiger partial charge in [-0.25, -0.2) is 6.08 Å². The van der Waals surface area contributed by atoms with Crippen LogP contribution in [0.15, 0.2) is 121 Å². The van der Waals surface area contributed by atoms with Crippen molar-refractivity contribution in [1.82, 2.24) is 0 Å². The van der Waals surface area contributed by atoms with Crippen LogP contribution in [-0.2, 0) is 30.8 Å². The SMILES string of the molecule is CC(C)(C)c1ccc2[cH-]c3ccc(C(C)(C)C)cc3c2c1.CC1[C-]=CC(C(C)(C)C)=C1.[Ti+2]=[C](c1ccccc1)c1ccccc1. The molecule has 0 amide bonds. The Labute approximate surface area is 284 Å². The van der Waals surface area contributed by atoms with Gasteiger partial charge in [-0.05, 0) is 10.8 Å². The van der Waals surface area contributed by atoms with E-state index in [1.807, 2.05) is 12.1 Å². The summed E-state index contributed by atoms with van der Waals surface area (Å²) in [6.45, 7) is 22.5. The second-order valence-electron chi connectivity index (χ2n) is 15.3. The minimum atomic E-state index is 0.194. The number of hydrogen-bond acceptors (Lipinski definition) is 0. The number of allylic oxidation sites excluding steroid dienone is 4. The van der Waals surface area contributed by atoms with E-state index in [9.17, 15) is 0 Å². The molecule has 0 fully saturated rings. The van der Waals surface area contributed by atoms with Gasteiger partial charge in [-0.15, -0.1) is 39.7 Å². The molecule has 1 aliphatic carbocycles. The molecule has 0 aliphatic heterocycles. The van der Waals surface area contributed by atoms with E-state index in [2.05, 4.69) is 198 Å². The predicted molar refractivity (Wildman–Crippen MR) is 195 cm³/mol. The second kappa shape index (κ2) is 14.1. The molecule has 1 unspecified atom stereocenters. The van der Waals surface area contributed by atoms with Crippen LogP contribution in [0.5, 0.6) is 0 Å². The Morgan fingerprint density at radius 3 is 1.33 bits per heavy atom. The molecule has 0 nitrogen and oxygen atoms in total. The van der Waals surface area contributed by atoms with Crippen molar-refractivity contribution in [2.24, 2.45) is 11.3 Å². The van der Waals surface area contributed by atoms with Crippen molar-refractivity contribution in [3.8, 4) is 0 Å². The molecule has 0 aromatic heterocycles. The van der Waals surface area contributed by atoms with Gasteiger partial charge in [0, 0.05) is 0 Å². The Bertz CT molecular complexity index is 1680. The summed E-state index contributed by atoms with van der Waals surface area (Å²) >= 11 is 2.16. The van der Waals surface area contributed by atoms with E-state index in [0.717, 1.165) is 0 Å². The summed E-state index contributed by atoms with van der Waals surface area (Å²) in [4.78, 5) is 0. The molecule has 0 spiro atoms. The van der Waals surface area contributed by atoms with Crippen molar-refractivity contribution in [3.05, 3.63) is 149 Å². The summed E-state index contributed by atoms with van der Waals surface area (Å²) in [6, 6.07) is 37.1. The van der Waals surface area contributed by atoms with Crippen molar-refractivity contribution < 1.29 is 20.0 Å². The number of rotatable bonds is 2. The van der Waals surface area contributed by atoms with Gasteiger partial charge in [-0.1, -0.05) is 116 Å². The van der Waals surface area contributed by atoms with E-state index >= 15 is 0 Å². The zero-order chi connectivity index (χ0) is 33.0. The summed E-state index contributed by atoms with van der Waals surface area (Å²) in [6.07, 6.45) is 7.65. The van der Waals surface area contributed by atoms with Crippen molar-refractivity contribution in [1.29, 1.82) is 0 Å². The maximum atomic E-state index is 3.26. The standard InChI is InChI=1S/C21H25.C13H10.C10H15.Ti/c1-20(2,3)16-9-7-14-11-15-8-10-17(21(4,5)6)13-19(15)18(14)12-16;1-3-7-12(8-4-1)11-13-9-5-2-6-10-13;1-8-5-6-9(7-8)10(2,3)4;/h7-13H,1-6H3;1-10H;6-8H,1-4H3;/q-1;;-1;+2. The zero-order valence-corrected chi connectivity index (χ0v) is 30.6. The van der Waals surface area contributed by atoms with Crippen molar-refractivity contribution in [3.63, 3.8) is 0 Å². The van der Waals surface area contributed by atoms with Crippen LogP contribution in [0.1, 0.15) is 91.5 Å². The first kappa shape index (κ1) is 34.7. The molecule has 0 radical (unpaired) electrons. The van der Waals surface area contributed by atoms with Crippen molar-refractivity contribution in [2.75, 3.05) is 0 Å². The third-order valence-corrected chi connectivity index (χ3v) is 9.26. The zero-order valence-electron chi connectivity index (χ0n) is 29.0. The van der Waals surface area contributed by atoms with Gasteiger partial charge in [0.2, 0.25) is 0 Å². The predicted octanol–water partition coefficient (Wildman–Crippen LogP) is 12.1. The number of benzene rings is 4. The molecule has 1 atom stereocenters. The van der Waals surface area contributed by atoms with Crippen LogP contribution >= 0.6 is 0 Å². The van der Waals surface area contributed by atoms with E-state index < -0.39 is 0 Å². The van der Waals surface area contributed by atoms with Crippen LogP contribution in [0.25, 0.3) is 21.5 Å². The molecule has 0 bridgehead atoms. The van der Waals surface area contributed by atoms with Crippen molar-refractivity contribution >= 4 is 25.4 Å². The molecule has 0 N–H and O–H groups in total. The first-order valence-corrected chi connectivity index (χ1v) is 17.0. The molecule has 6 rings (SSSR count). The molecular weight excluding hydrogens is 576 g/mol. The minimum absolute atomic E-state index is 0.194. The van der Waals surface area contributed by atoms with E-state index in [0.29, 0.717) is 11.3 Å². The van der Waals surface area contributed by atoms with Crippen LogP contribution in [0.4, 0.5) is 0 Å². The van der Waals surface area contributed by atoms with Crippen LogP contribution < -0.4 is 0 Å². The Kier molecular flexibility index (Phi) is 10.8. The molecule has 5 aromatic carbocycles. The fraction of sp³-hybridized carbons (Fsp3) is 0.318. The fourth-order valence-corrected chi connectivity index (χ4v) is 5.88. The van der Waals surface area contributed by atoms with E-state index in [1.54, 1.807) is 0 Å². The summed E-state index contributed by atoms with van der Waals surface area (Å²) < 4.78 is 1.33. The Hall–Kier alpha value is -3.19. The molecule has 1 heteroatoms. The van der Waals surface area contributed by atoms with E-state index in [1.165, 1.54) is 53.2 Å². The summed E-state index contributed by atoms with van der Waals surface area (Å²) in [5.74, 6) is 0.522. The van der Waals surface area contributed by atoms with E-state index in [-0.39, 0.29) is 10.8 Å². The normalized spacial score (nSPS) is 14.8. The molecule has 230 valence electrons. The average molecular weight is 627 g/mol. The third kappa shape index (κ3) is 9.19. The van der Waals surface area contributed by atoms with Crippen LogP contribution in [0, 0.1) is 17.4 Å². The quantitative estimate of drug-likeness (QED) is 0.135. The fourth-order valence-electron chi connectivity index (χ4n) is 5.36. The van der Waals surface area contributed by atoms with Crippen molar-refractivity contribution in [2.45, 2.75) is 80.1 Å². The summed E-state index contributed by atoms with van der Waals surface area (Å²) in [5, 5.41) is 5.49. The molecule has 0 saturated carbocycles. The number of fused-ring (bicyclic) bond motifs is 3.